The van der Waals surface area contributed by atoms with Gasteiger partial charge in [-0.3, -0.25) is 0 Å². The zero-order valence-electron chi connectivity index (χ0n) is 10.8. The number of carbonyl (C=O) groups excluding carboxylic acids is 1. The van der Waals surface area contributed by atoms with Crippen LogP contribution >= 0.6 is 11.6 Å². The Balaban J connectivity index is 2.32. The number of hydrogen-bond donors (Lipinski definition) is 1. The summed E-state index contributed by atoms with van der Waals surface area (Å²) < 4.78 is 4.90. The maximum atomic E-state index is 12.1. The van der Waals surface area contributed by atoms with Crippen molar-refractivity contribution in [2.75, 3.05) is 7.11 Å². The summed E-state index contributed by atoms with van der Waals surface area (Å²) >= 11 is 6.03. The van der Waals surface area contributed by atoms with Gasteiger partial charge in [0.1, 0.15) is 0 Å². The van der Waals surface area contributed by atoms with Crippen molar-refractivity contribution >= 4 is 28.5 Å². The van der Waals surface area contributed by atoms with E-state index in [1.54, 1.807) is 6.07 Å². The molecule has 100 valence electrons. The fourth-order valence-corrected chi connectivity index (χ4v) is 2.51. The van der Waals surface area contributed by atoms with E-state index in [0.29, 0.717) is 10.6 Å². The van der Waals surface area contributed by atoms with Crippen LogP contribution in [0.3, 0.4) is 0 Å². The molecule has 4 heteroatoms. The highest BCUT2D eigenvalue weighted by Crippen LogP contribution is 2.31. The van der Waals surface area contributed by atoms with Crippen LogP contribution in [0, 0.1) is 0 Å². The van der Waals surface area contributed by atoms with Gasteiger partial charge in [-0.25, -0.2) is 4.79 Å². The number of rotatable bonds is 2. The van der Waals surface area contributed by atoms with Crippen molar-refractivity contribution in [3.63, 3.8) is 0 Å². The van der Waals surface area contributed by atoms with Gasteiger partial charge in [0.2, 0.25) is 0 Å². The number of hydrogen-bond acceptors (Lipinski definition) is 2. The quantitative estimate of drug-likeness (QED) is 0.714. The highest BCUT2D eigenvalue weighted by Gasteiger charge is 2.19. The normalized spacial score (nSPS) is 10.7. The molecule has 20 heavy (non-hydrogen) atoms. The largest absolute Gasteiger partial charge is 0.465 e. The SMILES string of the molecule is COC(=O)c1c(-c2cccc(Cl)c2)[nH]c2ccccc12. The molecule has 0 unspecified atom stereocenters. The number of ether oxygens (including phenoxy) is 1. The lowest BCUT2D eigenvalue weighted by molar-refractivity contribution is 0.0604. The highest BCUT2D eigenvalue weighted by atomic mass is 35.5. The Morgan fingerprint density at radius 1 is 1.15 bits per heavy atom. The number of H-pyrrole nitrogens is 1. The van der Waals surface area contributed by atoms with E-state index in [0.717, 1.165) is 22.2 Å². The van der Waals surface area contributed by atoms with Gasteiger partial charge in [-0.2, -0.15) is 0 Å². The van der Waals surface area contributed by atoms with E-state index in [2.05, 4.69) is 4.98 Å². The first-order chi connectivity index (χ1) is 9.70. The van der Waals surface area contributed by atoms with Crippen molar-refractivity contribution in [3.8, 4) is 11.3 Å². The standard InChI is InChI=1S/C16H12ClNO2/c1-20-16(19)14-12-7-2-3-8-13(12)18-15(14)10-5-4-6-11(17)9-10/h2-9,18H,1H3. The van der Waals surface area contributed by atoms with Crippen molar-refractivity contribution in [1.82, 2.24) is 4.98 Å². The fourth-order valence-electron chi connectivity index (χ4n) is 2.32. The van der Waals surface area contributed by atoms with Crippen LogP contribution in [-0.2, 0) is 4.74 Å². The molecular formula is C16H12ClNO2. The predicted molar refractivity (Wildman–Crippen MR) is 80.1 cm³/mol. The number of halogens is 1. The van der Waals surface area contributed by atoms with Crippen LogP contribution in [0.5, 0.6) is 0 Å². The summed E-state index contributed by atoms with van der Waals surface area (Å²) in [4.78, 5) is 15.4. The van der Waals surface area contributed by atoms with Crippen LogP contribution in [-0.4, -0.2) is 18.1 Å². The Kier molecular flexibility index (Phi) is 3.20. The average molecular weight is 286 g/mol. The van der Waals surface area contributed by atoms with Gasteiger partial charge in [0.15, 0.2) is 0 Å². The Bertz CT molecular complexity index is 792. The highest BCUT2D eigenvalue weighted by molar-refractivity contribution is 6.30. The second-order valence-corrected chi connectivity index (χ2v) is 4.86. The van der Waals surface area contributed by atoms with Crippen molar-refractivity contribution in [2.24, 2.45) is 0 Å². The van der Waals surface area contributed by atoms with Crippen molar-refractivity contribution in [3.05, 3.63) is 59.1 Å². The molecule has 0 radical (unpaired) electrons. The summed E-state index contributed by atoms with van der Waals surface area (Å²) in [5, 5.41) is 1.46. The molecule has 3 rings (SSSR count). The van der Waals surface area contributed by atoms with Crippen molar-refractivity contribution < 1.29 is 9.53 Å². The van der Waals surface area contributed by atoms with E-state index in [4.69, 9.17) is 16.3 Å². The third kappa shape index (κ3) is 2.06. The predicted octanol–water partition coefficient (Wildman–Crippen LogP) is 4.27. The van der Waals surface area contributed by atoms with Gasteiger partial charge in [-0.1, -0.05) is 41.9 Å². The molecule has 3 nitrogen and oxygen atoms in total. The summed E-state index contributed by atoms with van der Waals surface area (Å²) in [7, 11) is 1.38. The van der Waals surface area contributed by atoms with Gasteiger partial charge < -0.3 is 9.72 Å². The smallest absolute Gasteiger partial charge is 0.340 e. The van der Waals surface area contributed by atoms with Gasteiger partial charge in [0, 0.05) is 21.5 Å². The molecule has 1 heterocycles. The number of nitrogens with one attached hydrogen (secondary N) is 1. The summed E-state index contributed by atoms with van der Waals surface area (Å²) in [5.74, 6) is -0.363. The molecule has 0 aliphatic rings. The summed E-state index contributed by atoms with van der Waals surface area (Å²) in [6.07, 6.45) is 0. The number of fused-ring (bicyclic) bond motifs is 1. The molecule has 0 amide bonds. The molecule has 0 saturated heterocycles. The lowest BCUT2D eigenvalue weighted by Gasteiger charge is -2.03. The van der Waals surface area contributed by atoms with Gasteiger partial charge in [0.05, 0.1) is 18.4 Å². The Morgan fingerprint density at radius 3 is 2.70 bits per heavy atom. The molecule has 0 bridgehead atoms. The molecule has 0 saturated carbocycles. The number of aromatic nitrogens is 1. The zero-order chi connectivity index (χ0) is 14.1. The first-order valence-corrected chi connectivity index (χ1v) is 6.53. The van der Waals surface area contributed by atoms with Gasteiger partial charge in [0.25, 0.3) is 0 Å². The van der Waals surface area contributed by atoms with Crippen molar-refractivity contribution in [1.29, 1.82) is 0 Å². The Labute approximate surface area is 121 Å². The molecule has 0 spiro atoms. The summed E-state index contributed by atoms with van der Waals surface area (Å²) in [5.41, 5.74) is 3.00. The number of para-hydroxylation sites is 1. The Morgan fingerprint density at radius 2 is 1.95 bits per heavy atom. The lowest BCUT2D eigenvalue weighted by atomic mass is 10.1. The molecular weight excluding hydrogens is 274 g/mol. The molecule has 2 aromatic carbocycles. The van der Waals surface area contributed by atoms with Crippen LogP contribution < -0.4 is 0 Å². The van der Waals surface area contributed by atoms with Crippen LogP contribution in [0.25, 0.3) is 22.2 Å². The van der Waals surface area contributed by atoms with Crippen molar-refractivity contribution in [2.45, 2.75) is 0 Å². The molecule has 0 aliphatic heterocycles. The number of methoxy groups -OCH3 is 1. The minimum Gasteiger partial charge on any atom is -0.465 e. The van der Waals surface area contributed by atoms with E-state index in [1.807, 2.05) is 42.5 Å². The van der Waals surface area contributed by atoms with E-state index >= 15 is 0 Å². The number of benzene rings is 2. The van der Waals surface area contributed by atoms with Gasteiger partial charge >= 0.3 is 5.97 Å². The van der Waals surface area contributed by atoms with Crippen LogP contribution in [0.4, 0.5) is 0 Å². The Hall–Kier alpha value is -2.26. The second-order valence-electron chi connectivity index (χ2n) is 4.42. The number of carbonyl (C=O) groups is 1. The van der Waals surface area contributed by atoms with Gasteiger partial charge in [-0.15, -0.1) is 0 Å². The van der Waals surface area contributed by atoms with E-state index in [9.17, 15) is 4.79 Å². The topological polar surface area (TPSA) is 42.1 Å². The maximum absolute atomic E-state index is 12.1. The molecule has 3 aromatic rings. The van der Waals surface area contributed by atoms with E-state index < -0.39 is 0 Å². The van der Waals surface area contributed by atoms with Crippen LogP contribution in [0.1, 0.15) is 10.4 Å². The average Bonchev–Trinajstić information content (AvgIpc) is 2.86. The minimum atomic E-state index is -0.363. The zero-order valence-corrected chi connectivity index (χ0v) is 11.6. The molecule has 0 atom stereocenters. The number of aromatic amines is 1. The van der Waals surface area contributed by atoms with Crippen LogP contribution in [0.2, 0.25) is 5.02 Å². The molecule has 1 N–H and O–H groups in total. The second kappa shape index (κ2) is 5.02. The monoisotopic (exact) mass is 285 g/mol. The molecule has 1 aromatic heterocycles. The van der Waals surface area contributed by atoms with Crippen LogP contribution in [0.15, 0.2) is 48.5 Å². The van der Waals surface area contributed by atoms with Gasteiger partial charge in [-0.05, 0) is 18.2 Å². The van der Waals surface area contributed by atoms with E-state index in [1.165, 1.54) is 7.11 Å². The molecule has 0 fully saturated rings. The number of esters is 1. The maximum Gasteiger partial charge on any atom is 0.340 e. The van der Waals surface area contributed by atoms with E-state index in [-0.39, 0.29) is 5.97 Å². The lowest BCUT2D eigenvalue weighted by Crippen LogP contribution is -2.02. The third-order valence-corrected chi connectivity index (χ3v) is 3.44. The first kappa shape index (κ1) is 12.8. The fraction of sp³-hybridized carbons (Fsp3) is 0.0625. The third-order valence-electron chi connectivity index (χ3n) is 3.21. The minimum absolute atomic E-state index is 0.363. The first-order valence-electron chi connectivity index (χ1n) is 6.15. The summed E-state index contributed by atoms with van der Waals surface area (Å²) in [6, 6.07) is 15.0. The summed E-state index contributed by atoms with van der Waals surface area (Å²) in [6.45, 7) is 0. The molecule has 0 aliphatic carbocycles.